The zero-order valence-corrected chi connectivity index (χ0v) is 12.9. The first-order valence-corrected chi connectivity index (χ1v) is 8.12. The van der Waals surface area contributed by atoms with Crippen LogP contribution in [-0.2, 0) is 0 Å². The second-order valence-electron chi connectivity index (χ2n) is 8.59. The summed E-state index contributed by atoms with van der Waals surface area (Å²) in [5, 5.41) is 0. The third-order valence-electron chi connectivity index (χ3n) is 6.20. The molecule has 0 amide bonds. The molecule has 0 N–H and O–H groups in total. The van der Waals surface area contributed by atoms with Crippen molar-refractivity contribution in [1.82, 2.24) is 4.90 Å². The maximum Gasteiger partial charge on any atom is 0.00382 e. The molecule has 0 radical (unpaired) electrons. The van der Waals surface area contributed by atoms with E-state index in [-0.39, 0.29) is 0 Å². The molecule has 2 atom stereocenters. The van der Waals surface area contributed by atoms with Crippen LogP contribution >= 0.6 is 0 Å². The first kappa shape index (κ1) is 13.0. The molecule has 18 heavy (non-hydrogen) atoms. The molecule has 1 heteroatoms. The van der Waals surface area contributed by atoms with Gasteiger partial charge in [-0.05, 0) is 73.8 Å². The lowest BCUT2D eigenvalue weighted by Gasteiger charge is -2.66. The van der Waals surface area contributed by atoms with Gasteiger partial charge in [-0.1, -0.05) is 27.7 Å². The van der Waals surface area contributed by atoms with E-state index in [1.165, 1.54) is 58.2 Å². The zero-order chi connectivity index (χ0) is 13.0. The highest BCUT2D eigenvalue weighted by molar-refractivity contribution is 5.10. The fourth-order valence-electron chi connectivity index (χ4n) is 6.78. The van der Waals surface area contributed by atoms with Crippen LogP contribution in [0.15, 0.2) is 0 Å². The molecule has 0 aromatic carbocycles. The maximum atomic E-state index is 2.68. The van der Waals surface area contributed by atoms with Gasteiger partial charge < -0.3 is 4.90 Å². The Morgan fingerprint density at radius 3 is 1.89 bits per heavy atom. The Morgan fingerprint density at radius 2 is 1.44 bits per heavy atom. The zero-order valence-electron chi connectivity index (χ0n) is 12.9. The molecule has 1 nitrogen and oxygen atoms in total. The minimum absolute atomic E-state index is 0.676. The summed E-state index contributed by atoms with van der Waals surface area (Å²) in [6, 6.07) is 0. The summed E-state index contributed by atoms with van der Waals surface area (Å²) in [5.74, 6) is 1.05. The molecular formula is C17H31N. The summed E-state index contributed by atoms with van der Waals surface area (Å²) in [6.07, 6.45) is 9.14. The lowest BCUT2D eigenvalue weighted by molar-refractivity contribution is -0.152. The van der Waals surface area contributed by atoms with Crippen LogP contribution in [0.4, 0.5) is 0 Å². The van der Waals surface area contributed by atoms with E-state index < -0.39 is 0 Å². The molecule has 0 spiro atoms. The Bertz CT molecular complexity index is 313. The molecule has 104 valence electrons. The van der Waals surface area contributed by atoms with E-state index in [1.807, 2.05) is 0 Å². The van der Waals surface area contributed by atoms with Gasteiger partial charge in [0.25, 0.3) is 0 Å². The van der Waals surface area contributed by atoms with Gasteiger partial charge in [-0.15, -0.1) is 0 Å². The summed E-state index contributed by atoms with van der Waals surface area (Å²) in [7, 11) is 0. The molecule has 4 aliphatic rings. The van der Waals surface area contributed by atoms with Crippen LogP contribution in [0.5, 0.6) is 0 Å². The van der Waals surface area contributed by atoms with E-state index in [9.17, 15) is 0 Å². The van der Waals surface area contributed by atoms with Crippen molar-refractivity contribution in [2.45, 2.75) is 66.2 Å². The molecule has 4 fully saturated rings. The molecule has 0 heterocycles. The van der Waals surface area contributed by atoms with Crippen molar-refractivity contribution >= 4 is 0 Å². The molecule has 0 aromatic heterocycles. The average Bonchev–Trinajstić information content (AvgIpc) is 2.20. The van der Waals surface area contributed by atoms with E-state index in [2.05, 4.69) is 32.6 Å². The minimum atomic E-state index is 0.676. The van der Waals surface area contributed by atoms with Crippen LogP contribution in [0.2, 0.25) is 0 Å². The predicted molar refractivity (Wildman–Crippen MR) is 77.6 cm³/mol. The molecule has 2 unspecified atom stereocenters. The highest BCUT2D eigenvalue weighted by Crippen LogP contribution is 2.69. The van der Waals surface area contributed by atoms with Crippen LogP contribution in [0, 0.1) is 22.2 Å². The largest absolute Gasteiger partial charge is 0.303 e. The van der Waals surface area contributed by atoms with Gasteiger partial charge in [-0.25, -0.2) is 0 Å². The maximum absolute atomic E-state index is 2.68. The summed E-state index contributed by atoms with van der Waals surface area (Å²) >= 11 is 0. The van der Waals surface area contributed by atoms with Gasteiger partial charge in [-0.3, -0.25) is 0 Å². The molecule has 0 saturated heterocycles. The van der Waals surface area contributed by atoms with Crippen molar-refractivity contribution < 1.29 is 0 Å². The van der Waals surface area contributed by atoms with Crippen molar-refractivity contribution in [3.63, 3.8) is 0 Å². The van der Waals surface area contributed by atoms with Crippen LogP contribution in [-0.4, -0.2) is 24.5 Å². The summed E-state index contributed by atoms with van der Waals surface area (Å²) < 4.78 is 0. The second kappa shape index (κ2) is 3.98. The van der Waals surface area contributed by atoms with Crippen molar-refractivity contribution in [2.24, 2.45) is 22.2 Å². The van der Waals surface area contributed by atoms with Crippen LogP contribution < -0.4 is 0 Å². The quantitative estimate of drug-likeness (QED) is 0.717. The number of nitrogens with zero attached hydrogens (tertiary/aromatic N) is 1. The third-order valence-corrected chi connectivity index (χ3v) is 6.20. The van der Waals surface area contributed by atoms with Crippen molar-refractivity contribution in [3.05, 3.63) is 0 Å². The van der Waals surface area contributed by atoms with Crippen molar-refractivity contribution in [1.29, 1.82) is 0 Å². The number of rotatable bonds is 4. The fourth-order valence-corrected chi connectivity index (χ4v) is 6.78. The lowest BCUT2D eigenvalue weighted by atomic mass is 9.40. The third kappa shape index (κ3) is 2.03. The minimum Gasteiger partial charge on any atom is -0.303 e. The van der Waals surface area contributed by atoms with Gasteiger partial charge in [0.15, 0.2) is 0 Å². The topological polar surface area (TPSA) is 3.24 Å². The van der Waals surface area contributed by atoms with E-state index in [0.717, 1.165) is 5.92 Å². The second-order valence-corrected chi connectivity index (χ2v) is 8.59. The van der Waals surface area contributed by atoms with E-state index in [4.69, 9.17) is 0 Å². The Balaban J connectivity index is 1.84. The average molecular weight is 249 g/mol. The van der Waals surface area contributed by atoms with Gasteiger partial charge in [0, 0.05) is 6.54 Å². The number of hydrogen-bond acceptors (Lipinski definition) is 1. The Labute approximate surface area is 113 Å². The molecule has 4 aliphatic carbocycles. The van der Waals surface area contributed by atoms with Gasteiger partial charge in [0.1, 0.15) is 0 Å². The standard InChI is InChI=1S/C17H31N/c1-5-18(6-2)13-17-9-14-7-15(3,11-17)10-16(4,8-14)12-17/h14H,5-13H2,1-4H3. The van der Waals surface area contributed by atoms with Gasteiger partial charge in [0.2, 0.25) is 0 Å². The van der Waals surface area contributed by atoms with E-state index in [1.54, 1.807) is 0 Å². The first-order valence-electron chi connectivity index (χ1n) is 8.12. The van der Waals surface area contributed by atoms with E-state index in [0.29, 0.717) is 16.2 Å². The SMILES string of the molecule is CCN(CC)CC12CC3CC(C)(CC(C)(C3)C1)C2. The summed E-state index contributed by atoms with van der Waals surface area (Å²) in [4.78, 5) is 2.68. The van der Waals surface area contributed by atoms with Gasteiger partial charge in [0.05, 0.1) is 0 Å². The highest BCUT2D eigenvalue weighted by atomic mass is 15.1. The Morgan fingerprint density at radius 1 is 0.889 bits per heavy atom. The first-order chi connectivity index (χ1) is 8.40. The Hall–Kier alpha value is -0.0400. The van der Waals surface area contributed by atoms with Crippen LogP contribution in [0.3, 0.4) is 0 Å². The lowest BCUT2D eigenvalue weighted by Crippen LogP contribution is -2.58. The van der Waals surface area contributed by atoms with Crippen LogP contribution in [0.1, 0.15) is 66.2 Å². The van der Waals surface area contributed by atoms with E-state index >= 15 is 0 Å². The molecule has 0 aliphatic heterocycles. The fraction of sp³-hybridized carbons (Fsp3) is 1.00. The van der Waals surface area contributed by atoms with Gasteiger partial charge in [-0.2, -0.15) is 0 Å². The Kier molecular flexibility index (Phi) is 2.86. The predicted octanol–water partition coefficient (Wildman–Crippen LogP) is 4.32. The molecule has 4 bridgehead atoms. The summed E-state index contributed by atoms with van der Waals surface area (Å²) in [6.45, 7) is 13.7. The highest BCUT2D eigenvalue weighted by Gasteiger charge is 2.59. The molecule has 4 saturated carbocycles. The normalized spacial score (nSPS) is 50.2. The van der Waals surface area contributed by atoms with Crippen molar-refractivity contribution in [3.8, 4) is 0 Å². The smallest absolute Gasteiger partial charge is 0.00382 e. The van der Waals surface area contributed by atoms with Crippen LogP contribution in [0.25, 0.3) is 0 Å². The number of hydrogen-bond donors (Lipinski definition) is 0. The molecular weight excluding hydrogens is 218 g/mol. The molecule has 0 aromatic rings. The van der Waals surface area contributed by atoms with Gasteiger partial charge >= 0.3 is 0 Å². The monoisotopic (exact) mass is 249 g/mol. The molecule has 4 rings (SSSR count). The van der Waals surface area contributed by atoms with Crippen molar-refractivity contribution in [2.75, 3.05) is 19.6 Å². The summed E-state index contributed by atoms with van der Waals surface area (Å²) in [5.41, 5.74) is 2.04.